The van der Waals surface area contributed by atoms with Gasteiger partial charge in [-0.1, -0.05) is 50.1 Å². The van der Waals surface area contributed by atoms with Crippen molar-refractivity contribution in [3.05, 3.63) is 35.9 Å². The SMILES string of the molecule is CCCCCC(=O)N[C@@H](CCCCN)C(=O)NCCN(C(=O)CCc1ccccc1)[C@@H](CCCCN)C(N)=O. The summed E-state index contributed by atoms with van der Waals surface area (Å²) in [5.41, 5.74) is 17.9. The molecule has 1 rings (SSSR count). The first-order valence-corrected chi connectivity index (χ1v) is 14.4. The molecule has 0 aliphatic heterocycles. The maximum Gasteiger partial charge on any atom is 0.242 e. The molecule has 0 aliphatic rings. The van der Waals surface area contributed by atoms with Gasteiger partial charge in [-0.2, -0.15) is 0 Å². The Labute approximate surface area is 233 Å². The van der Waals surface area contributed by atoms with Crippen LogP contribution in [0.2, 0.25) is 0 Å². The van der Waals surface area contributed by atoms with Crippen LogP contribution in [0.1, 0.15) is 83.1 Å². The zero-order chi connectivity index (χ0) is 28.9. The van der Waals surface area contributed by atoms with E-state index in [1.54, 1.807) is 0 Å². The number of nitrogens with two attached hydrogens (primary N) is 3. The molecular weight excluding hydrogens is 496 g/mol. The van der Waals surface area contributed by atoms with Crippen molar-refractivity contribution in [1.29, 1.82) is 0 Å². The molecule has 8 N–H and O–H groups in total. The lowest BCUT2D eigenvalue weighted by molar-refractivity contribution is -0.139. The summed E-state index contributed by atoms with van der Waals surface area (Å²) in [5.74, 6) is -1.24. The Hall–Kier alpha value is -2.98. The number of carbonyl (C=O) groups is 4. The molecule has 1 aromatic carbocycles. The zero-order valence-electron chi connectivity index (χ0n) is 23.7. The minimum absolute atomic E-state index is 0.134. The van der Waals surface area contributed by atoms with Crippen molar-refractivity contribution in [2.75, 3.05) is 26.2 Å². The maximum absolute atomic E-state index is 13.3. The maximum atomic E-state index is 13.3. The lowest BCUT2D eigenvalue weighted by atomic mass is 10.0. The second-order valence-electron chi connectivity index (χ2n) is 9.93. The summed E-state index contributed by atoms with van der Waals surface area (Å²) in [7, 11) is 0. The van der Waals surface area contributed by atoms with Crippen LogP contribution in [0.5, 0.6) is 0 Å². The van der Waals surface area contributed by atoms with Gasteiger partial charge in [-0.3, -0.25) is 19.2 Å². The number of nitrogens with zero attached hydrogens (tertiary/aromatic N) is 1. The number of hydrogen-bond acceptors (Lipinski definition) is 6. The third-order valence-corrected chi connectivity index (χ3v) is 6.69. The van der Waals surface area contributed by atoms with Gasteiger partial charge in [-0.15, -0.1) is 0 Å². The van der Waals surface area contributed by atoms with Crippen LogP contribution in [0.25, 0.3) is 0 Å². The monoisotopic (exact) mass is 546 g/mol. The lowest BCUT2D eigenvalue weighted by Gasteiger charge is -2.30. The molecule has 220 valence electrons. The first kappa shape index (κ1) is 34.0. The Bertz CT molecular complexity index is 851. The zero-order valence-corrected chi connectivity index (χ0v) is 23.7. The molecule has 0 aliphatic carbocycles. The van der Waals surface area contributed by atoms with Crippen LogP contribution in [-0.4, -0.2) is 66.8 Å². The van der Waals surface area contributed by atoms with Crippen molar-refractivity contribution in [1.82, 2.24) is 15.5 Å². The van der Waals surface area contributed by atoms with Crippen LogP contribution in [0.15, 0.2) is 30.3 Å². The number of benzene rings is 1. The molecule has 0 spiro atoms. The van der Waals surface area contributed by atoms with E-state index in [-0.39, 0.29) is 37.2 Å². The number of nitrogens with one attached hydrogen (secondary N) is 2. The fourth-order valence-electron chi connectivity index (χ4n) is 4.41. The third kappa shape index (κ3) is 14.7. The van der Waals surface area contributed by atoms with Crippen molar-refractivity contribution < 1.29 is 19.2 Å². The van der Waals surface area contributed by atoms with Gasteiger partial charge >= 0.3 is 0 Å². The lowest BCUT2D eigenvalue weighted by Crippen LogP contribution is -2.52. The summed E-state index contributed by atoms with van der Waals surface area (Å²) in [6.45, 7) is 3.33. The molecule has 0 unspecified atom stereocenters. The predicted molar refractivity (Wildman–Crippen MR) is 154 cm³/mol. The highest BCUT2D eigenvalue weighted by molar-refractivity contribution is 5.88. The van der Waals surface area contributed by atoms with Gasteiger partial charge in [-0.25, -0.2) is 0 Å². The van der Waals surface area contributed by atoms with Gasteiger partial charge in [0.1, 0.15) is 12.1 Å². The summed E-state index contributed by atoms with van der Waals surface area (Å²) in [6.07, 6.45) is 7.59. The molecule has 4 amide bonds. The van der Waals surface area contributed by atoms with Gasteiger partial charge in [0, 0.05) is 25.9 Å². The standard InChI is InChI=1S/C29H50N6O4/c1-2-3-5-16-26(36)34-24(14-8-10-19-30)29(39)33-21-22-35(25(28(32)38)15-9-11-20-31)27(37)18-17-23-12-6-4-7-13-23/h4,6-7,12-13,24-25H,2-3,5,8-11,14-22,30-31H2,1H3,(H2,32,38)(H,33,39)(H,34,36)/t24-,25-/m0/s1. The Balaban J connectivity index is 2.86. The number of aryl methyl sites for hydroxylation is 1. The number of hydrogen-bond donors (Lipinski definition) is 5. The van der Waals surface area contributed by atoms with E-state index >= 15 is 0 Å². The van der Waals surface area contributed by atoms with Gasteiger partial charge in [0.2, 0.25) is 23.6 Å². The molecule has 1 aromatic rings. The van der Waals surface area contributed by atoms with Gasteiger partial charge in [-0.05, 0) is 70.0 Å². The van der Waals surface area contributed by atoms with Crippen LogP contribution >= 0.6 is 0 Å². The average Bonchev–Trinajstić information content (AvgIpc) is 2.92. The van der Waals surface area contributed by atoms with Crippen LogP contribution < -0.4 is 27.8 Å². The highest BCUT2D eigenvalue weighted by Crippen LogP contribution is 2.13. The van der Waals surface area contributed by atoms with E-state index in [9.17, 15) is 19.2 Å². The second-order valence-corrected chi connectivity index (χ2v) is 9.93. The molecule has 0 radical (unpaired) electrons. The highest BCUT2D eigenvalue weighted by atomic mass is 16.2. The fraction of sp³-hybridized carbons (Fsp3) is 0.655. The molecule has 39 heavy (non-hydrogen) atoms. The average molecular weight is 547 g/mol. The topological polar surface area (TPSA) is 174 Å². The van der Waals surface area contributed by atoms with E-state index in [0.717, 1.165) is 37.7 Å². The molecular formula is C29H50N6O4. The van der Waals surface area contributed by atoms with Crippen molar-refractivity contribution in [3.63, 3.8) is 0 Å². The van der Waals surface area contributed by atoms with E-state index in [1.807, 2.05) is 30.3 Å². The molecule has 0 heterocycles. The molecule has 2 atom stereocenters. The molecule has 0 saturated carbocycles. The third-order valence-electron chi connectivity index (χ3n) is 6.69. The van der Waals surface area contributed by atoms with Gasteiger partial charge in [0.25, 0.3) is 0 Å². The van der Waals surface area contributed by atoms with Crippen LogP contribution in [0.3, 0.4) is 0 Å². The Kier molecular flexibility index (Phi) is 18.3. The van der Waals surface area contributed by atoms with Crippen molar-refractivity contribution in [2.45, 2.75) is 96.1 Å². The Morgan fingerprint density at radius 1 is 0.872 bits per heavy atom. The summed E-state index contributed by atoms with van der Waals surface area (Å²) in [4.78, 5) is 52.5. The minimum atomic E-state index is -0.782. The summed E-state index contributed by atoms with van der Waals surface area (Å²) in [5, 5.41) is 5.70. The number of unbranched alkanes of at least 4 members (excludes halogenated alkanes) is 4. The normalized spacial score (nSPS) is 12.4. The number of primary amides is 1. The first-order chi connectivity index (χ1) is 18.8. The fourth-order valence-corrected chi connectivity index (χ4v) is 4.41. The smallest absolute Gasteiger partial charge is 0.242 e. The van der Waals surface area contributed by atoms with Crippen LogP contribution in [0.4, 0.5) is 0 Å². The van der Waals surface area contributed by atoms with Crippen molar-refractivity contribution >= 4 is 23.6 Å². The van der Waals surface area contributed by atoms with E-state index in [2.05, 4.69) is 17.6 Å². The predicted octanol–water partition coefficient (Wildman–Crippen LogP) is 1.74. The quantitative estimate of drug-likeness (QED) is 0.138. The number of carbonyl (C=O) groups excluding carboxylic acids is 4. The molecule has 0 bridgehead atoms. The van der Waals surface area contributed by atoms with Crippen LogP contribution in [0, 0.1) is 0 Å². The number of rotatable bonds is 22. The molecule has 10 heteroatoms. The molecule has 0 fully saturated rings. The van der Waals surface area contributed by atoms with E-state index in [4.69, 9.17) is 17.2 Å². The van der Waals surface area contributed by atoms with Crippen molar-refractivity contribution in [3.8, 4) is 0 Å². The van der Waals surface area contributed by atoms with E-state index in [0.29, 0.717) is 51.6 Å². The molecule has 10 nitrogen and oxygen atoms in total. The van der Waals surface area contributed by atoms with Crippen LogP contribution in [-0.2, 0) is 25.6 Å². The molecule has 0 saturated heterocycles. The number of amides is 4. The van der Waals surface area contributed by atoms with E-state index < -0.39 is 18.0 Å². The van der Waals surface area contributed by atoms with Crippen molar-refractivity contribution in [2.24, 2.45) is 17.2 Å². The Morgan fingerprint density at radius 3 is 2.15 bits per heavy atom. The summed E-state index contributed by atoms with van der Waals surface area (Å²) in [6, 6.07) is 8.19. The minimum Gasteiger partial charge on any atom is -0.368 e. The summed E-state index contributed by atoms with van der Waals surface area (Å²) < 4.78 is 0. The highest BCUT2D eigenvalue weighted by Gasteiger charge is 2.28. The van der Waals surface area contributed by atoms with Gasteiger partial charge in [0.05, 0.1) is 0 Å². The summed E-state index contributed by atoms with van der Waals surface area (Å²) >= 11 is 0. The first-order valence-electron chi connectivity index (χ1n) is 14.4. The largest absolute Gasteiger partial charge is 0.368 e. The van der Waals surface area contributed by atoms with Gasteiger partial charge < -0.3 is 32.7 Å². The molecule has 0 aromatic heterocycles. The van der Waals surface area contributed by atoms with E-state index in [1.165, 1.54) is 4.90 Å². The second kappa shape index (κ2) is 20.9. The van der Waals surface area contributed by atoms with Gasteiger partial charge in [0.15, 0.2) is 0 Å². The Morgan fingerprint density at radius 2 is 1.54 bits per heavy atom.